The van der Waals surface area contributed by atoms with Gasteiger partial charge in [-0.2, -0.15) is 0 Å². The third kappa shape index (κ3) is 4.02. The average molecular weight is 391 g/mol. The molecule has 0 aliphatic carbocycles. The molecule has 2 aromatic heterocycles. The second kappa shape index (κ2) is 8.02. The lowest BCUT2D eigenvalue weighted by molar-refractivity contribution is 0.573. The fraction of sp³-hybridized carbons (Fsp3) is 0.227. The van der Waals surface area contributed by atoms with E-state index in [1.165, 1.54) is 16.7 Å². The highest BCUT2D eigenvalue weighted by molar-refractivity contribution is 7.98. The van der Waals surface area contributed by atoms with Gasteiger partial charge in [-0.3, -0.25) is 0 Å². The molecule has 28 heavy (non-hydrogen) atoms. The van der Waals surface area contributed by atoms with Gasteiger partial charge in [0.15, 0.2) is 5.16 Å². The van der Waals surface area contributed by atoms with Gasteiger partial charge in [-0.1, -0.05) is 59.8 Å². The molecule has 4 aromatic rings. The zero-order valence-electron chi connectivity index (χ0n) is 16.2. The summed E-state index contributed by atoms with van der Waals surface area (Å²) in [4.78, 5) is 4.66. The Bertz CT molecular complexity index is 1090. The lowest BCUT2D eigenvalue weighted by Gasteiger charge is -2.07. The molecule has 0 aliphatic heterocycles. The predicted octanol–water partition coefficient (Wildman–Crippen LogP) is 5.20. The van der Waals surface area contributed by atoms with Gasteiger partial charge in [-0.15, -0.1) is 10.2 Å². The van der Waals surface area contributed by atoms with Gasteiger partial charge < -0.3 is 8.98 Å². The third-order valence-electron chi connectivity index (χ3n) is 4.60. The molecule has 0 aliphatic rings. The number of hydrogen-bond acceptors (Lipinski definition) is 5. The normalized spacial score (nSPS) is 11.1. The number of aryl methyl sites for hydroxylation is 3. The summed E-state index contributed by atoms with van der Waals surface area (Å²) in [5, 5.41) is 9.47. The van der Waals surface area contributed by atoms with Crippen molar-refractivity contribution in [1.29, 1.82) is 0 Å². The Morgan fingerprint density at radius 3 is 2.61 bits per heavy atom. The van der Waals surface area contributed by atoms with E-state index in [1.54, 1.807) is 18.0 Å². The molecule has 0 amide bonds. The third-order valence-corrected chi connectivity index (χ3v) is 5.60. The second-order valence-corrected chi connectivity index (χ2v) is 7.80. The average Bonchev–Trinajstić information content (AvgIpc) is 3.29. The van der Waals surface area contributed by atoms with Crippen molar-refractivity contribution in [2.24, 2.45) is 0 Å². The molecule has 2 aromatic carbocycles. The van der Waals surface area contributed by atoms with Crippen LogP contribution in [-0.4, -0.2) is 19.7 Å². The van der Waals surface area contributed by atoms with Crippen LogP contribution in [0, 0.1) is 20.8 Å². The van der Waals surface area contributed by atoms with Crippen molar-refractivity contribution < 1.29 is 4.42 Å². The van der Waals surface area contributed by atoms with Crippen LogP contribution >= 0.6 is 11.8 Å². The molecule has 0 saturated heterocycles. The minimum Gasteiger partial charge on any atom is -0.444 e. The maximum absolute atomic E-state index is 5.72. The van der Waals surface area contributed by atoms with Crippen LogP contribution in [0.5, 0.6) is 0 Å². The van der Waals surface area contributed by atoms with Gasteiger partial charge in [0.25, 0.3) is 0 Å². The van der Waals surface area contributed by atoms with Crippen LogP contribution in [0.2, 0.25) is 0 Å². The Hall–Kier alpha value is -2.86. The van der Waals surface area contributed by atoms with E-state index in [1.807, 2.05) is 25.1 Å². The summed E-state index contributed by atoms with van der Waals surface area (Å²) in [5.74, 6) is 2.25. The molecule has 4 rings (SSSR count). The van der Waals surface area contributed by atoms with E-state index < -0.39 is 0 Å². The quantitative estimate of drug-likeness (QED) is 0.424. The molecule has 2 heterocycles. The van der Waals surface area contributed by atoms with Crippen molar-refractivity contribution in [3.05, 3.63) is 83.0 Å². The summed E-state index contributed by atoms with van der Waals surface area (Å²) < 4.78 is 7.85. The molecule has 0 N–H and O–H groups in total. The first-order valence-electron chi connectivity index (χ1n) is 9.18. The SMILES string of the molecule is Cc1ccc(-c2nc(CSc3nnc(C)n3Cc3ccccc3)co2)c(C)c1. The molecule has 0 fully saturated rings. The Balaban J connectivity index is 1.48. The van der Waals surface area contributed by atoms with Gasteiger partial charge in [-0.25, -0.2) is 4.98 Å². The number of nitrogens with zero attached hydrogens (tertiary/aromatic N) is 4. The second-order valence-electron chi connectivity index (χ2n) is 6.85. The maximum atomic E-state index is 5.72. The van der Waals surface area contributed by atoms with Crippen LogP contribution in [0.3, 0.4) is 0 Å². The number of rotatable bonds is 6. The zero-order valence-corrected chi connectivity index (χ0v) is 17.0. The summed E-state index contributed by atoms with van der Waals surface area (Å²) in [7, 11) is 0. The number of aromatic nitrogens is 4. The Morgan fingerprint density at radius 1 is 1.00 bits per heavy atom. The smallest absolute Gasteiger partial charge is 0.226 e. The molecule has 0 saturated carbocycles. The van der Waals surface area contributed by atoms with Crippen LogP contribution in [0.4, 0.5) is 0 Å². The lowest BCUT2D eigenvalue weighted by Crippen LogP contribution is -2.03. The number of benzene rings is 2. The minimum absolute atomic E-state index is 0.662. The van der Waals surface area contributed by atoms with Crippen molar-refractivity contribution >= 4 is 11.8 Å². The van der Waals surface area contributed by atoms with E-state index in [0.29, 0.717) is 11.6 Å². The van der Waals surface area contributed by atoms with Gasteiger partial charge in [0.05, 0.1) is 12.2 Å². The van der Waals surface area contributed by atoms with Crippen molar-refractivity contribution in [2.45, 2.75) is 38.2 Å². The summed E-state index contributed by atoms with van der Waals surface area (Å²) in [6.07, 6.45) is 1.73. The van der Waals surface area contributed by atoms with Gasteiger partial charge in [0.1, 0.15) is 12.1 Å². The number of hydrogen-bond donors (Lipinski definition) is 0. The van der Waals surface area contributed by atoms with Crippen LogP contribution in [-0.2, 0) is 12.3 Å². The molecular formula is C22H22N4OS. The molecule has 0 unspecified atom stereocenters. The van der Waals surface area contributed by atoms with Crippen molar-refractivity contribution in [1.82, 2.24) is 19.7 Å². The molecular weight excluding hydrogens is 368 g/mol. The predicted molar refractivity (Wildman–Crippen MR) is 111 cm³/mol. The standard InChI is InChI=1S/C22H22N4OS/c1-15-9-10-20(16(2)11-15)21-23-19(13-27-21)14-28-22-25-24-17(3)26(22)12-18-7-5-4-6-8-18/h4-11,13H,12,14H2,1-3H3. The molecule has 0 bridgehead atoms. The molecule has 0 spiro atoms. The van der Waals surface area contributed by atoms with Crippen LogP contribution < -0.4 is 0 Å². The van der Waals surface area contributed by atoms with Crippen LogP contribution in [0.15, 0.2) is 64.4 Å². The fourth-order valence-electron chi connectivity index (χ4n) is 3.11. The van der Waals surface area contributed by atoms with Crippen LogP contribution in [0.25, 0.3) is 11.5 Å². The number of oxazole rings is 1. The fourth-order valence-corrected chi connectivity index (χ4v) is 3.97. The Labute approximate surface area is 168 Å². The van der Waals surface area contributed by atoms with Gasteiger partial charge >= 0.3 is 0 Å². The highest BCUT2D eigenvalue weighted by Crippen LogP contribution is 2.27. The highest BCUT2D eigenvalue weighted by atomic mass is 32.2. The topological polar surface area (TPSA) is 56.7 Å². The maximum Gasteiger partial charge on any atom is 0.226 e. The minimum atomic E-state index is 0.662. The molecule has 0 atom stereocenters. The largest absolute Gasteiger partial charge is 0.444 e. The number of thioether (sulfide) groups is 1. The van der Waals surface area contributed by atoms with E-state index in [0.717, 1.165) is 28.8 Å². The molecule has 142 valence electrons. The van der Waals surface area contributed by atoms with E-state index in [4.69, 9.17) is 4.42 Å². The van der Waals surface area contributed by atoms with Crippen molar-refractivity contribution in [2.75, 3.05) is 0 Å². The lowest BCUT2D eigenvalue weighted by atomic mass is 10.1. The van der Waals surface area contributed by atoms with Crippen molar-refractivity contribution in [3.8, 4) is 11.5 Å². The van der Waals surface area contributed by atoms with E-state index in [9.17, 15) is 0 Å². The first kappa shape index (κ1) is 18.5. The summed E-state index contributed by atoms with van der Waals surface area (Å²) in [6, 6.07) is 16.6. The molecule has 0 radical (unpaired) electrons. The van der Waals surface area contributed by atoms with E-state index in [2.05, 4.69) is 63.9 Å². The summed E-state index contributed by atoms with van der Waals surface area (Å²) >= 11 is 1.62. The summed E-state index contributed by atoms with van der Waals surface area (Å²) in [6.45, 7) is 6.90. The Morgan fingerprint density at radius 2 is 1.82 bits per heavy atom. The molecule has 5 nitrogen and oxygen atoms in total. The van der Waals surface area contributed by atoms with Crippen LogP contribution in [0.1, 0.15) is 28.2 Å². The first-order chi connectivity index (χ1) is 13.6. The highest BCUT2D eigenvalue weighted by Gasteiger charge is 2.13. The van der Waals surface area contributed by atoms with Gasteiger partial charge in [-0.05, 0) is 38.0 Å². The molecule has 6 heteroatoms. The zero-order chi connectivity index (χ0) is 19.5. The van der Waals surface area contributed by atoms with Crippen molar-refractivity contribution in [3.63, 3.8) is 0 Å². The van der Waals surface area contributed by atoms with Gasteiger partial charge in [0, 0.05) is 11.3 Å². The van der Waals surface area contributed by atoms with E-state index in [-0.39, 0.29) is 0 Å². The monoisotopic (exact) mass is 390 g/mol. The first-order valence-corrected chi connectivity index (χ1v) is 10.2. The van der Waals surface area contributed by atoms with E-state index >= 15 is 0 Å². The Kier molecular flexibility index (Phi) is 5.30. The summed E-state index contributed by atoms with van der Waals surface area (Å²) in [5.41, 5.74) is 5.55. The van der Waals surface area contributed by atoms with Gasteiger partial charge in [0.2, 0.25) is 5.89 Å².